The Hall–Kier alpha value is -1.59. The first-order valence-corrected chi connectivity index (χ1v) is 6.04. The maximum absolute atomic E-state index is 11.8. The van der Waals surface area contributed by atoms with E-state index in [9.17, 15) is 14.4 Å². The lowest BCUT2D eigenvalue weighted by atomic mass is 9.94. The van der Waals surface area contributed by atoms with E-state index < -0.39 is 24.0 Å². The highest BCUT2D eigenvalue weighted by molar-refractivity contribution is 5.99. The Bertz CT molecular complexity index is 341. The van der Waals surface area contributed by atoms with Crippen LogP contribution in [0, 0.1) is 5.92 Å². The van der Waals surface area contributed by atoms with E-state index >= 15 is 0 Å². The normalized spacial score (nSPS) is 20.4. The second kappa shape index (κ2) is 6.37. The second-order valence-electron chi connectivity index (χ2n) is 4.21. The number of ketones is 1. The van der Waals surface area contributed by atoms with Crippen molar-refractivity contribution in [2.45, 2.75) is 32.7 Å². The van der Waals surface area contributed by atoms with Crippen LogP contribution in [0.15, 0.2) is 0 Å². The molecule has 6 nitrogen and oxygen atoms in total. The summed E-state index contributed by atoms with van der Waals surface area (Å²) in [5, 5.41) is 0. The first-order chi connectivity index (χ1) is 8.52. The van der Waals surface area contributed by atoms with Gasteiger partial charge in [-0.25, -0.2) is 4.79 Å². The fourth-order valence-corrected chi connectivity index (χ4v) is 2.31. The van der Waals surface area contributed by atoms with Gasteiger partial charge in [0.2, 0.25) is 0 Å². The Kier molecular flexibility index (Phi) is 5.12. The van der Waals surface area contributed by atoms with Crippen molar-refractivity contribution in [3.05, 3.63) is 0 Å². The van der Waals surface area contributed by atoms with Crippen molar-refractivity contribution >= 4 is 17.8 Å². The lowest BCUT2D eigenvalue weighted by Crippen LogP contribution is -2.46. The van der Waals surface area contributed by atoms with E-state index in [-0.39, 0.29) is 12.4 Å². The molecular weight excluding hydrogens is 238 g/mol. The zero-order valence-electron chi connectivity index (χ0n) is 11.0. The van der Waals surface area contributed by atoms with E-state index in [1.807, 2.05) is 0 Å². The summed E-state index contributed by atoms with van der Waals surface area (Å²) in [7, 11) is 1.28. The van der Waals surface area contributed by atoms with Crippen LogP contribution in [0.4, 0.5) is 4.79 Å². The molecule has 1 aliphatic heterocycles. The number of amides is 1. The van der Waals surface area contributed by atoms with Crippen LogP contribution in [-0.4, -0.2) is 49.0 Å². The summed E-state index contributed by atoms with van der Waals surface area (Å²) in [6, 6.07) is -0.450. The summed E-state index contributed by atoms with van der Waals surface area (Å²) in [5.74, 6) is -1.76. The first kappa shape index (κ1) is 14.5. The van der Waals surface area contributed by atoms with Gasteiger partial charge in [-0.05, 0) is 26.7 Å². The molecule has 0 saturated carbocycles. The molecule has 0 aromatic carbocycles. The topological polar surface area (TPSA) is 72.9 Å². The Balaban J connectivity index is 2.88. The summed E-state index contributed by atoms with van der Waals surface area (Å²) < 4.78 is 9.56. The third-order valence-electron chi connectivity index (χ3n) is 3.07. The van der Waals surface area contributed by atoms with Gasteiger partial charge in [-0.15, -0.1) is 0 Å². The zero-order chi connectivity index (χ0) is 13.7. The van der Waals surface area contributed by atoms with Crippen LogP contribution < -0.4 is 0 Å². The maximum atomic E-state index is 11.8. The molecule has 0 radical (unpaired) electrons. The molecule has 1 amide bonds. The van der Waals surface area contributed by atoms with E-state index in [1.54, 1.807) is 6.92 Å². The number of hydrogen-bond donors (Lipinski definition) is 0. The van der Waals surface area contributed by atoms with Gasteiger partial charge in [0.1, 0.15) is 11.7 Å². The smallest absolute Gasteiger partial charge is 0.409 e. The molecule has 1 heterocycles. The number of Topliss-reactive ketones (excluding diaryl/α,β-unsaturated/α-hetero) is 1. The SMILES string of the molecule is CCOC(=O)C(C(C)=O)C1CCCN1C(=O)OC. The van der Waals surface area contributed by atoms with Gasteiger partial charge in [0.15, 0.2) is 0 Å². The molecule has 1 fully saturated rings. The number of hydrogen-bond acceptors (Lipinski definition) is 5. The number of esters is 1. The molecule has 18 heavy (non-hydrogen) atoms. The molecule has 2 unspecified atom stereocenters. The lowest BCUT2D eigenvalue weighted by Gasteiger charge is -2.27. The first-order valence-electron chi connectivity index (χ1n) is 6.04. The van der Waals surface area contributed by atoms with Gasteiger partial charge >= 0.3 is 12.1 Å². The van der Waals surface area contributed by atoms with Gasteiger partial charge < -0.3 is 14.4 Å². The predicted molar refractivity (Wildman–Crippen MR) is 62.9 cm³/mol. The molecule has 0 bridgehead atoms. The van der Waals surface area contributed by atoms with Crippen molar-refractivity contribution in [3.8, 4) is 0 Å². The van der Waals surface area contributed by atoms with Gasteiger partial charge in [0, 0.05) is 6.54 Å². The van der Waals surface area contributed by atoms with E-state index in [0.717, 1.165) is 6.42 Å². The minimum atomic E-state index is -0.911. The molecule has 0 aromatic heterocycles. The summed E-state index contributed by atoms with van der Waals surface area (Å²) in [5.41, 5.74) is 0. The largest absolute Gasteiger partial charge is 0.465 e. The summed E-state index contributed by atoms with van der Waals surface area (Å²) in [6.45, 7) is 3.74. The molecule has 1 rings (SSSR count). The second-order valence-corrected chi connectivity index (χ2v) is 4.21. The fourth-order valence-electron chi connectivity index (χ4n) is 2.31. The fraction of sp³-hybridized carbons (Fsp3) is 0.750. The maximum Gasteiger partial charge on any atom is 0.409 e. The summed E-state index contributed by atoms with van der Waals surface area (Å²) in [4.78, 5) is 36.4. The van der Waals surface area contributed by atoms with Crippen molar-refractivity contribution in [2.24, 2.45) is 5.92 Å². The molecule has 0 N–H and O–H groups in total. The van der Waals surface area contributed by atoms with E-state index in [4.69, 9.17) is 4.74 Å². The lowest BCUT2D eigenvalue weighted by molar-refractivity contribution is -0.153. The monoisotopic (exact) mass is 257 g/mol. The third-order valence-corrected chi connectivity index (χ3v) is 3.07. The van der Waals surface area contributed by atoms with Crippen LogP contribution in [-0.2, 0) is 19.1 Å². The van der Waals surface area contributed by atoms with Gasteiger partial charge in [0.25, 0.3) is 0 Å². The molecule has 6 heteroatoms. The van der Waals surface area contributed by atoms with E-state index in [2.05, 4.69) is 4.74 Å². The molecule has 102 valence electrons. The molecule has 1 saturated heterocycles. The van der Waals surface area contributed by atoms with Crippen molar-refractivity contribution in [3.63, 3.8) is 0 Å². The van der Waals surface area contributed by atoms with Crippen LogP contribution in [0.3, 0.4) is 0 Å². The quantitative estimate of drug-likeness (QED) is 0.554. The van der Waals surface area contributed by atoms with Gasteiger partial charge in [0.05, 0.1) is 19.8 Å². The van der Waals surface area contributed by atoms with Crippen molar-refractivity contribution in [1.29, 1.82) is 0 Å². The van der Waals surface area contributed by atoms with Crippen LogP contribution in [0.5, 0.6) is 0 Å². The Labute approximate surface area is 106 Å². The molecule has 0 aliphatic carbocycles. The molecule has 1 aliphatic rings. The Morgan fingerprint density at radius 3 is 2.56 bits per heavy atom. The highest BCUT2D eigenvalue weighted by atomic mass is 16.5. The predicted octanol–water partition coefficient (Wildman–Crippen LogP) is 0.986. The molecule has 2 atom stereocenters. The van der Waals surface area contributed by atoms with Crippen LogP contribution in [0.1, 0.15) is 26.7 Å². The summed E-state index contributed by atoms with van der Waals surface area (Å²) >= 11 is 0. The number of likely N-dealkylation sites (tertiary alicyclic amines) is 1. The van der Waals surface area contributed by atoms with Crippen molar-refractivity contribution < 1.29 is 23.9 Å². The number of carbonyl (C=O) groups excluding carboxylic acids is 3. The van der Waals surface area contributed by atoms with Crippen LogP contribution in [0.25, 0.3) is 0 Å². The molecule has 0 aromatic rings. The van der Waals surface area contributed by atoms with E-state index in [1.165, 1.54) is 18.9 Å². The Morgan fingerprint density at radius 1 is 1.39 bits per heavy atom. The number of nitrogens with zero attached hydrogens (tertiary/aromatic N) is 1. The number of rotatable bonds is 4. The van der Waals surface area contributed by atoms with Gasteiger partial charge in [-0.3, -0.25) is 9.59 Å². The number of methoxy groups -OCH3 is 1. The van der Waals surface area contributed by atoms with Crippen LogP contribution >= 0.6 is 0 Å². The molecule has 0 spiro atoms. The number of ether oxygens (including phenoxy) is 2. The Morgan fingerprint density at radius 2 is 2.06 bits per heavy atom. The van der Waals surface area contributed by atoms with Crippen molar-refractivity contribution in [2.75, 3.05) is 20.3 Å². The van der Waals surface area contributed by atoms with Crippen molar-refractivity contribution in [1.82, 2.24) is 4.90 Å². The van der Waals surface area contributed by atoms with Gasteiger partial charge in [-0.1, -0.05) is 0 Å². The average molecular weight is 257 g/mol. The summed E-state index contributed by atoms with van der Waals surface area (Å²) in [6.07, 6.45) is 0.856. The minimum absolute atomic E-state index is 0.216. The average Bonchev–Trinajstić information content (AvgIpc) is 2.77. The highest BCUT2D eigenvalue weighted by Crippen LogP contribution is 2.26. The zero-order valence-corrected chi connectivity index (χ0v) is 11.0. The standard InChI is InChI=1S/C12H19NO5/c1-4-18-11(15)10(8(2)14)9-6-5-7-13(9)12(16)17-3/h9-10H,4-7H2,1-3H3. The van der Waals surface area contributed by atoms with E-state index in [0.29, 0.717) is 13.0 Å². The minimum Gasteiger partial charge on any atom is -0.465 e. The van der Waals surface area contributed by atoms with Gasteiger partial charge in [-0.2, -0.15) is 0 Å². The number of carbonyl (C=O) groups is 3. The third kappa shape index (κ3) is 3.00. The molecular formula is C12H19NO5. The van der Waals surface area contributed by atoms with Crippen LogP contribution in [0.2, 0.25) is 0 Å². The highest BCUT2D eigenvalue weighted by Gasteiger charge is 2.42.